The van der Waals surface area contributed by atoms with E-state index in [1.54, 1.807) is 0 Å². The zero-order chi connectivity index (χ0) is 13.1. The highest BCUT2D eigenvalue weighted by Crippen LogP contribution is 2.36. The molecular weight excluding hydrogens is 232 g/mol. The average molecular weight is 258 g/mol. The van der Waals surface area contributed by atoms with Crippen molar-refractivity contribution in [1.29, 1.82) is 0 Å². The van der Waals surface area contributed by atoms with E-state index in [1.165, 1.54) is 6.42 Å². The van der Waals surface area contributed by atoms with Gasteiger partial charge in [0.15, 0.2) is 0 Å². The lowest BCUT2D eigenvalue weighted by atomic mass is 9.80. The molecule has 0 bridgehead atoms. The predicted molar refractivity (Wildman–Crippen MR) is 75.2 cm³/mol. The Morgan fingerprint density at radius 1 is 1.41 bits per heavy atom. The number of hydrogen-bond donors (Lipinski definition) is 2. The zero-order valence-electron chi connectivity index (χ0n) is 11.5. The van der Waals surface area contributed by atoms with Gasteiger partial charge in [-0.25, -0.2) is 0 Å². The topological polar surface area (TPSA) is 55.1 Å². The molecule has 0 saturated heterocycles. The minimum Gasteiger partial charge on any atom is -0.368 e. The van der Waals surface area contributed by atoms with Gasteiger partial charge in [0.1, 0.15) is 0 Å². The SMILES string of the molecule is CC(C)NC1(C(N)=O)CCCC(SC(C)C)C1. The Bertz CT molecular complexity index is 268. The minimum atomic E-state index is -0.473. The summed E-state index contributed by atoms with van der Waals surface area (Å²) in [6, 6.07) is 0.297. The lowest BCUT2D eigenvalue weighted by molar-refractivity contribution is -0.126. The summed E-state index contributed by atoms with van der Waals surface area (Å²) in [5.74, 6) is -0.180. The summed E-state index contributed by atoms with van der Waals surface area (Å²) in [5, 5.41) is 4.58. The van der Waals surface area contributed by atoms with Crippen molar-refractivity contribution in [3.05, 3.63) is 0 Å². The second-order valence-corrected chi connectivity index (χ2v) is 7.53. The first-order chi connectivity index (χ1) is 7.85. The number of amides is 1. The number of rotatable bonds is 5. The highest BCUT2D eigenvalue weighted by molar-refractivity contribution is 8.00. The van der Waals surface area contributed by atoms with E-state index in [-0.39, 0.29) is 5.91 Å². The molecular formula is C13H26N2OS. The molecule has 4 heteroatoms. The van der Waals surface area contributed by atoms with Gasteiger partial charge in [0.2, 0.25) is 5.91 Å². The standard InChI is InChI=1S/C13H26N2OS/c1-9(2)15-13(12(14)16)7-5-6-11(8-13)17-10(3)4/h9-11,15H,5-8H2,1-4H3,(H2,14,16). The largest absolute Gasteiger partial charge is 0.368 e. The molecule has 1 fully saturated rings. The Kier molecular flexibility index (Phi) is 5.32. The molecule has 1 aliphatic carbocycles. The van der Waals surface area contributed by atoms with Gasteiger partial charge < -0.3 is 11.1 Å². The highest BCUT2D eigenvalue weighted by atomic mass is 32.2. The van der Waals surface area contributed by atoms with Crippen LogP contribution in [0, 0.1) is 0 Å². The van der Waals surface area contributed by atoms with Gasteiger partial charge >= 0.3 is 0 Å². The number of primary amides is 1. The van der Waals surface area contributed by atoms with Crippen LogP contribution in [0.2, 0.25) is 0 Å². The molecule has 0 aromatic carbocycles. The van der Waals surface area contributed by atoms with Crippen LogP contribution in [0.4, 0.5) is 0 Å². The first kappa shape index (κ1) is 14.8. The molecule has 0 heterocycles. The number of hydrogen-bond acceptors (Lipinski definition) is 3. The van der Waals surface area contributed by atoms with E-state index in [0.717, 1.165) is 19.3 Å². The molecule has 0 aromatic rings. The van der Waals surface area contributed by atoms with Crippen LogP contribution in [-0.2, 0) is 4.79 Å². The van der Waals surface area contributed by atoms with Crippen molar-refractivity contribution >= 4 is 17.7 Å². The molecule has 2 atom stereocenters. The third-order valence-electron chi connectivity index (χ3n) is 3.21. The van der Waals surface area contributed by atoms with E-state index < -0.39 is 5.54 Å². The van der Waals surface area contributed by atoms with Gasteiger partial charge in [-0.05, 0) is 44.8 Å². The smallest absolute Gasteiger partial charge is 0.237 e. The van der Waals surface area contributed by atoms with Crippen LogP contribution in [0.25, 0.3) is 0 Å². The number of carbonyl (C=O) groups excluding carboxylic acids is 1. The summed E-state index contributed by atoms with van der Waals surface area (Å²) in [4.78, 5) is 11.8. The number of nitrogens with two attached hydrogens (primary N) is 1. The maximum Gasteiger partial charge on any atom is 0.237 e. The van der Waals surface area contributed by atoms with Crippen LogP contribution in [0.15, 0.2) is 0 Å². The van der Waals surface area contributed by atoms with Crippen molar-refractivity contribution in [3.8, 4) is 0 Å². The fraction of sp³-hybridized carbons (Fsp3) is 0.923. The average Bonchev–Trinajstić information content (AvgIpc) is 2.15. The van der Waals surface area contributed by atoms with Crippen molar-refractivity contribution in [2.75, 3.05) is 0 Å². The second-order valence-electron chi connectivity index (χ2n) is 5.65. The van der Waals surface area contributed by atoms with E-state index in [0.29, 0.717) is 16.5 Å². The Hall–Kier alpha value is -0.220. The van der Waals surface area contributed by atoms with E-state index in [9.17, 15) is 4.79 Å². The molecule has 3 N–H and O–H groups in total. The molecule has 3 nitrogen and oxygen atoms in total. The minimum absolute atomic E-state index is 0.180. The highest BCUT2D eigenvalue weighted by Gasteiger charge is 2.41. The van der Waals surface area contributed by atoms with E-state index >= 15 is 0 Å². The summed E-state index contributed by atoms with van der Waals surface area (Å²) in [5.41, 5.74) is 5.16. The Morgan fingerprint density at radius 2 is 2.06 bits per heavy atom. The van der Waals surface area contributed by atoms with Gasteiger partial charge in [0, 0.05) is 11.3 Å². The second kappa shape index (κ2) is 6.10. The van der Waals surface area contributed by atoms with Gasteiger partial charge in [-0.2, -0.15) is 11.8 Å². The molecule has 1 aliphatic rings. The molecule has 0 spiro atoms. The van der Waals surface area contributed by atoms with Gasteiger partial charge in [0.25, 0.3) is 0 Å². The summed E-state index contributed by atoms with van der Waals surface area (Å²) >= 11 is 1.97. The lowest BCUT2D eigenvalue weighted by Gasteiger charge is -2.40. The Balaban J connectivity index is 2.73. The van der Waals surface area contributed by atoms with Crippen molar-refractivity contribution in [2.24, 2.45) is 5.73 Å². The molecule has 17 heavy (non-hydrogen) atoms. The normalized spacial score (nSPS) is 29.9. The Labute approximate surface area is 109 Å². The fourth-order valence-electron chi connectivity index (χ4n) is 2.70. The lowest BCUT2D eigenvalue weighted by Crippen LogP contribution is -2.60. The van der Waals surface area contributed by atoms with Crippen LogP contribution in [0.1, 0.15) is 53.4 Å². The van der Waals surface area contributed by atoms with Crippen LogP contribution >= 0.6 is 11.8 Å². The third-order valence-corrected chi connectivity index (χ3v) is 4.54. The fourth-order valence-corrected chi connectivity index (χ4v) is 4.16. The zero-order valence-corrected chi connectivity index (χ0v) is 12.3. The first-order valence-electron chi connectivity index (χ1n) is 6.59. The third kappa shape index (κ3) is 4.18. The van der Waals surface area contributed by atoms with E-state index in [2.05, 4.69) is 33.0 Å². The van der Waals surface area contributed by atoms with Crippen LogP contribution < -0.4 is 11.1 Å². The number of carbonyl (C=O) groups is 1. The van der Waals surface area contributed by atoms with Gasteiger partial charge in [-0.3, -0.25) is 4.79 Å². The van der Waals surface area contributed by atoms with Crippen LogP contribution in [-0.4, -0.2) is 28.0 Å². The molecule has 1 rings (SSSR count). The van der Waals surface area contributed by atoms with Gasteiger partial charge in [-0.1, -0.05) is 13.8 Å². The summed E-state index contributed by atoms with van der Waals surface area (Å²) in [6.07, 6.45) is 4.06. The van der Waals surface area contributed by atoms with Crippen LogP contribution in [0.3, 0.4) is 0 Å². The Morgan fingerprint density at radius 3 is 2.53 bits per heavy atom. The molecule has 0 radical (unpaired) electrons. The first-order valence-corrected chi connectivity index (χ1v) is 7.53. The van der Waals surface area contributed by atoms with Gasteiger partial charge in [0.05, 0.1) is 5.54 Å². The summed E-state index contributed by atoms with van der Waals surface area (Å²) < 4.78 is 0. The van der Waals surface area contributed by atoms with Crippen molar-refractivity contribution < 1.29 is 4.79 Å². The molecule has 0 aliphatic heterocycles. The van der Waals surface area contributed by atoms with Gasteiger partial charge in [-0.15, -0.1) is 0 Å². The summed E-state index contributed by atoms with van der Waals surface area (Å²) in [6.45, 7) is 8.57. The monoisotopic (exact) mass is 258 g/mol. The maximum atomic E-state index is 11.8. The van der Waals surface area contributed by atoms with E-state index in [4.69, 9.17) is 5.73 Å². The quantitative estimate of drug-likeness (QED) is 0.795. The molecule has 2 unspecified atom stereocenters. The van der Waals surface area contributed by atoms with Crippen molar-refractivity contribution in [1.82, 2.24) is 5.32 Å². The summed E-state index contributed by atoms with van der Waals surface area (Å²) in [7, 11) is 0. The number of nitrogens with one attached hydrogen (secondary N) is 1. The molecule has 1 saturated carbocycles. The molecule has 0 aromatic heterocycles. The molecule has 100 valence electrons. The number of thioether (sulfide) groups is 1. The van der Waals surface area contributed by atoms with Crippen LogP contribution in [0.5, 0.6) is 0 Å². The van der Waals surface area contributed by atoms with E-state index in [1.807, 2.05) is 11.8 Å². The predicted octanol–water partition coefficient (Wildman–Crippen LogP) is 2.29. The van der Waals surface area contributed by atoms with Crippen molar-refractivity contribution in [2.45, 2.75) is 75.5 Å². The van der Waals surface area contributed by atoms with Crippen molar-refractivity contribution in [3.63, 3.8) is 0 Å². The maximum absolute atomic E-state index is 11.8. The molecule has 1 amide bonds.